The van der Waals surface area contributed by atoms with Gasteiger partial charge in [0.25, 0.3) is 0 Å². The minimum atomic E-state index is -0.723. The van der Waals surface area contributed by atoms with Crippen molar-refractivity contribution in [2.75, 3.05) is 32.2 Å². The quantitative estimate of drug-likeness (QED) is 0.626. The normalized spacial score (nSPS) is 12.2. The van der Waals surface area contributed by atoms with E-state index in [1.165, 1.54) is 19.5 Å². The van der Waals surface area contributed by atoms with Gasteiger partial charge in [-0.15, -0.1) is 0 Å². The molecule has 0 saturated heterocycles. The van der Waals surface area contributed by atoms with Crippen LogP contribution in [-0.4, -0.2) is 48.4 Å². The molecule has 18 heavy (non-hydrogen) atoms. The van der Waals surface area contributed by atoms with Gasteiger partial charge in [0, 0.05) is 26.9 Å². The molecule has 0 saturated carbocycles. The summed E-state index contributed by atoms with van der Waals surface area (Å²) in [5, 5.41) is 20.6. The molecule has 1 aromatic rings. The van der Waals surface area contributed by atoms with Crippen molar-refractivity contribution in [3.8, 4) is 0 Å². The van der Waals surface area contributed by atoms with Crippen molar-refractivity contribution in [2.45, 2.75) is 6.10 Å². The van der Waals surface area contributed by atoms with Crippen molar-refractivity contribution in [2.24, 2.45) is 0 Å². The molecular weight excluding hydrogens is 306 g/mol. The minimum absolute atomic E-state index is 0.114. The zero-order chi connectivity index (χ0) is 13.7. The second kappa shape index (κ2) is 6.62. The first-order valence-electron chi connectivity index (χ1n) is 5.13. The summed E-state index contributed by atoms with van der Waals surface area (Å²) in [4.78, 5) is 15.8. The molecular formula is C10H14BrN3O4. The summed E-state index contributed by atoms with van der Waals surface area (Å²) in [6.45, 7) is 0.387. The fourth-order valence-electron chi connectivity index (χ4n) is 1.58. The largest absolute Gasteiger partial charge is 0.389 e. The second-order valence-electron chi connectivity index (χ2n) is 3.74. The van der Waals surface area contributed by atoms with Crippen LogP contribution in [0.3, 0.4) is 0 Å². The molecule has 0 spiro atoms. The van der Waals surface area contributed by atoms with E-state index in [-0.39, 0.29) is 18.8 Å². The van der Waals surface area contributed by atoms with Crippen LogP contribution < -0.4 is 4.90 Å². The van der Waals surface area contributed by atoms with Crippen LogP contribution in [0.1, 0.15) is 0 Å². The molecule has 100 valence electrons. The van der Waals surface area contributed by atoms with E-state index in [9.17, 15) is 15.2 Å². The summed E-state index contributed by atoms with van der Waals surface area (Å²) in [5.41, 5.74) is 0.265. The number of aliphatic hydroxyl groups excluding tert-OH is 1. The van der Waals surface area contributed by atoms with E-state index in [2.05, 4.69) is 20.9 Å². The first-order chi connectivity index (χ1) is 8.47. The van der Waals surface area contributed by atoms with Crippen molar-refractivity contribution in [1.29, 1.82) is 0 Å². The Labute approximate surface area is 113 Å². The standard InChI is InChI=1S/C10H14BrN3O4/c1-13(5-7(15)6-18-2)10-8(11)3-12-4-9(10)14(16)17/h3-4,7,15H,5-6H2,1-2H3. The number of pyridine rings is 1. The Morgan fingerprint density at radius 3 is 2.89 bits per heavy atom. The number of ether oxygens (including phenoxy) is 1. The van der Waals surface area contributed by atoms with Gasteiger partial charge in [0.15, 0.2) is 0 Å². The number of aliphatic hydroxyl groups is 1. The molecule has 0 aliphatic rings. The van der Waals surface area contributed by atoms with Gasteiger partial charge in [-0.3, -0.25) is 15.1 Å². The molecule has 1 rings (SSSR count). The van der Waals surface area contributed by atoms with Crippen LogP contribution in [0.4, 0.5) is 11.4 Å². The maximum atomic E-state index is 10.9. The smallest absolute Gasteiger partial charge is 0.311 e. The Bertz CT molecular complexity index is 430. The molecule has 1 atom stereocenters. The lowest BCUT2D eigenvalue weighted by Gasteiger charge is -2.22. The lowest BCUT2D eigenvalue weighted by Crippen LogP contribution is -2.32. The minimum Gasteiger partial charge on any atom is -0.389 e. The highest BCUT2D eigenvalue weighted by Gasteiger charge is 2.22. The number of nitrogens with zero attached hydrogens (tertiary/aromatic N) is 3. The Hall–Kier alpha value is -1.25. The van der Waals surface area contributed by atoms with Gasteiger partial charge in [-0.25, -0.2) is 0 Å². The predicted molar refractivity (Wildman–Crippen MR) is 69.7 cm³/mol. The zero-order valence-corrected chi connectivity index (χ0v) is 11.6. The van der Waals surface area contributed by atoms with Gasteiger partial charge in [-0.05, 0) is 15.9 Å². The fourth-order valence-corrected chi connectivity index (χ4v) is 2.21. The summed E-state index contributed by atoms with van der Waals surface area (Å²) in [7, 11) is 3.14. The monoisotopic (exact) mass is 319 g/mol. The lowest BCUT2D eigenvalue weighted by molar-refractivity contribution is -0.384. The number of nitro groups is 1. The summed E-state index contributed by atoms with van der Waals surface area (Å²) in [6, 6.07) is 0. The molecule has 0 aliphatic carbocycles. The molecule has 0 radical (unpaired) electrons. The van der Waals surface area contributed by atoms with Crippen LogP contribution in [-0.2, 0) is 4.74 Å². The van der Waals surface area contributed by atoms with Crippen LogP contribution in [0.15, 0.2) is 16.9 Å². The number of rotatable bonds is 6. The Morgan fingerprint density at radius 2 is 2.33 bits per heavy atom. The molecule has 0 amide bonds. The number of aromatic nitrogens is 1. The Morgan fingerprint density at radius 1 is 1.67 bits per heavy atom. The van der Waals surface area contributed by atoms with Crippen LogP contribution in [0, 0.1) is 10.1 Å². The maximum Gasteiger partial charge on any atom is 0.311 e. The third kappa shape index (κ3) is 3.62. The molecule has 1 unspecified atom stereocenters. The van der Waals surface area contributed by atoms with Gasteiger partial charge >= 0.3 is 5.69 Å². The maximum absolute atomic E-state index is 10.9. The summed E-state index contributed by atoms with van der Waals surface area (Å²) in [5.74, 6) is 0. The van der Waals surface area contributed by atoms with Gasteiger partial charge in [-0.1, -0.05) is 0 Å². The van der Waals surface area contributed by atoms with Gasteiger partial charge in [0.2, 0.25) is 0 Å². The van der Waals surface area contributed by atoms with E-state index in [4.69, 9.17) is 4.74 Å². The lowest BCUT2D eigenvalue weighted by atomic mass is 10.3. The summed E-state index contributed by atoms with van der Waals surface area (Å²) >= 11 is 3.22. The average Bonchev–Trinajstić information content (AvgIpc) is 2.28. The van der Waals surface area contributed by atoms with Gasteiger partial charge in [-0.2, -0.15) is 0 Å². The van der Waals surface area contributed by atoms with E-state index < -0.39 is 11.0 Å². The SMILES string of the molecule is COCC(O)CN(C)c1c(Br)cncc1[N+](=O)[O-]. The van der Waals surface area contributed by atoms with Gasteiger partial charge < -0.3 is 14.7 Å². The molecule has 8 heteroatoms. The number of hydrogen-bond donors (Lipinski definition) is 1. The Kier molecular flexibility index (Phi) is 5.45. The van der Waals surface area contributed by atoms with E-state index in [0.29, 0.717) is 10.2 Å². The van der Waals surface area contributed by atoms with Crippen LogP contribution in [0.5, 0.6) is 0 Å². The highest BCUT2D eigenvalue weighted by molar-refractivity contribution is 9.10. The van der Waals surface area contributed by atoms with E-state index in [1.807, 2.05) is 0 Å². The first kappa shape index (κ1) is 14.8. The highest BCUT2D eigenvalue weighted by Crippen LogP contribution is 2.33. The van der Waals surface area contributed by atoms with Crippen LogP contribution in [0.2, 0.25) is 0 Å². The summed E-state index contributed by atoms with van der Waals surface area (Å²) in [6.07, 6.45) is 1.93. The number of methoxy groups -OCH3 is 1. The van der Waals surface area contributed by atoms with Crippen molar-refractivity contribution >= 4 is 27.3 Å². The number of hydrogen-bond acceptors (Lipinski definition) is 6. The van der Waals surface area contributed by atoms with Crippen LogP contribution >= 0.6 is 15.9 Å². The second-order valence-corrected chi connectivity index (χ2v) is 4.59. The van der Waals surface area contributed by atoms with E-state index >= 15 is 0 Å². The van der Waals surface area contributed by atoms with Gasteiger partial charge in [0.1, 0.15) is 11.9 Å². The molecule has 1 heterocycles. The molecule has 0 aliphatic heterocycles. The van der Waals surface area contributed by atoms with E-state index in [1.54, 1.807) is 11.9 Å². The third-order valence-electron chi connectivity index (χ3n) is 2.28. The van der Waals surface area contributed by atoms with Crippen LogP contribution in [0.25, 0.3) is 0 Å². The third-order valence-corrected chi connectivity index (χ3v) is 2.86. The van der Waals surface area contributed by atoms with Crippen molar-refractivity contribution < 1.29 is 14.8 Å². The molecule has 0 aromatic carbocycles. The first-order valence-corrected chi connectivity index (χ1v) is 5.92. The number of likely N-dealkylation sites (N-methyl/N-ethyl adjacent to an activating group) is 1. The van der Waals surface area contributed by atoms with Crippen molar-refractivity contribution in [3.05, 3.63) is 27.0 Å². The number of halogens is 1. The molecule has 0 bridgehead atoms. The molecule has 0 fully saturated rings. The average molecular weight is 320 g/mol. The highest BCUT2D eigenvalue weighted by atomic mass is 79.9. The Balaban J connectivity index is 2.97. The zero-order valence-electron chi connectivity index (χ0n) is 10.0. The summed E-state index contributed by atoms with van der Waals surface area (Å²) < 4.78 is 5.32. The van der Waals surface area contributed by atoms with E-state index in [0.717, 1.165) is 0 Å². The molecule has 1 aromatic heterocycles. The van der Waals surface area contributed by atoms with Gasteiger partial charge in [0.05, 0.1) is 22.1 Å². The predicted octanol–water partition coefficient (Wildman–Crippen LogP) is 1.20. The number of anilines is 1. The van der Waals surface area contributed by atoms with Crippen molar-refractivity contribution in [3.63, 3.8) is 0 Å². The molecule has 7 nitrogen and oxygen atoms in total. The topological polar surface area (TPSA) is 88.7 Å². The van der Waals surface area contributed by atoms with Crippen molar-refractivity contribution in [1.82, 2.24) is 4.98 Å². The fraction of sp³-hybridized carbons (Fsp3) is 0.500. The molecule has 1 N–H and O–H groups in total.